The van der Waals surface area contributed by atoms with Crippen molar-refractivity contribution in [1.82, 2.24) is 0 Å². The van der Waals surface area contributed by atoms with Crippen molar-refractivity contribution in [1.29, 1.82) is 0 Å². The number of ether oxygens (including phenoxy) is 1. The largest absolute Gasteiger partial charge is 0.314 e. The van der Waals surface area contributed by atoms with Gasteiger partial charge in [-0.1, -0.05) is 61.8 Å². The van der Waals surface area contributed by atoms with E-state index in [0.717, 1.165) is 18.8 Å². The maximum atomic E-state index is 6.86. The lowest BCUT2D eigenvalue weighted by atomic mass is 9.32. The Bertz CT molecular complexity index is 834. The monoisotopic (exact) mass is 458 g/mol. The van der Waals surface area contributed by atoms with Gasteiger partial charge in [-0.3, -0.25) is 0 Å². The second-order valence-corrected chi connectivity index (χ2v) is 15.9. The minimum atomic E-state index is -0.570. The van der Waals surface area contributed by atoms with E-state index in [9.17, 15) is 0 Å². The Morgan fingerprint density at radius 2 is 1.33 bits per heavy atom. The number of hydrogen-bond acceptors (Lipinski definition) is 3. The summed E-state index contributed by atoms with van der Waals surface area (Å²) < 4.78 is 6.86. The van der Waals surface area contributed by atoms with Crippen molar-refractivity contribution in [2.45, 2.75) is 138 Å². The van der Waals surface area contributed by atoms with Crippen LogP contribution in [0, 0.1) is 50.2 Å². The van der Waals surface area contributed by atoms with E-state index < -0.39 is 5.79 Å². The summed E-state index contributed by atoms with van der Waals surface area (Å²) in [7, 11) is 0. The van der Waals surface area contributed by atoms with E-state index in [0.29, 0.717) is 33.5 Å². The van der Waals surface area contributed by atoms with E-state index in [1.165, 1.54) is 57.8 Å². The van der Waals surface area contributed by atoms with Crippen molar-refractivity contribution in [3.05, 3.63) is 0 Å². The van der Waals surface area contributed by atoms with Gasteiger partial charge >= 0.3 is 0 Å². The van der Waals surface area contributed by atoms with Gasteiger partial charge in [-0.25, -0.2) is 4.89 Å². The highest BCUT2D eigenvalue weighted by Gasteiger charge is 2.74. The number of fused-ring (bicyclic) bond motifs is 7. The van der Waals surface area contributed by atoms with Crippen LogP contribution in [0.1, 0.15) is 126 Å². The first kappa shape index (κ1) is 23.3. The van der Waals surface area contributed by atoms with Gasteiger partial charge in [-0.05, 0) is 96.7 Å². The fourth-order valence-electron chi connectivity index (χ4n) is 11.0. The van der Waals surface area contributed by atoms with Crippen molar-refractivity contribution < 1.29 is 14.5 Å². The summed E-state index contributed by atoms with van der Waals surface area (Å²) in [4.78, 5) is 12.3. The standard InChI is InChI=1S/C30H50O3/c1-24(2)12-13-26(5)14-16-28(7)21-18-23-31-30(33-32-23)20(10-9-11-25(30,3)4)27(21,6)15-17-29(28,8)22(26)19-24/h20-23H,9-19H2,1-8H3/t20-,21-,22+,23+,26+,27-,28+,29-,30-/m0/s1. The Kier molecular flexibility index (Phi) is 4.66. The molecular weight excluding hydrogens is 408 g/mol. The van der Waals surface area contributed by atoms with Gasteiger partial charge in [0, 0.05) is 17.8 Å². The Hall–Kier alpha value is -0.120. The summed E-state index contributed by atoms with van der Waals surface area (Å²) in [5.41, 5.74) is 1.96. The molecule has 2 bridgehead atoms. The maximum Gasteiger partial charge on any atom is 0.212 e. The lowest BCUT2D eigenvalue weighted by Gasteiger charge is -2.72. The maximum absolute atomic E-state index is 6.86. The molecule has 6 fully saturated rings. The van der Waals surface area contributed by atoms with Crippen LogP contribution >= 0.6 is 0 Å². The molecule has 6 rings (SSSR count). The van der Waals surface area contributed by atoms with Crippen molar-refractivity contribution in [3.63, 3.8) is 0 Å². The fourth-order valence-corrected chi connectivity index (χ4v) is 11.0. The van der Waals surface area contributed by atoms with E-state index >= 15 is 0 Å². The molecule has 1 spiro atoms. The zero-order chi connectivity index (χ0) is 23.7. The van der Waals surface area contributed by atoms with E-state index in [4.69, 9.17) is 14.5 Å². The molecule has 4 aliphatic carbocycles. The smallest absolute Gasteiger partial charge is 0.212 e. The first-order chi connectivity index (χ1) is 15.2. The third kappa shape index (κ3) is 2.74. The van der Waals surface area contributed by atoms with Crippen LogP contribution < -0.4 is 0 Å². The zero-order valence-electron chi connectivity index (χ0n) is 22.8. The normalized spacial score (nSPS) is 58.9. The minimum absolute atomic E-state index is 0.0112. The minimum Gasteiger partial charge on any atom is -0.314 e. The highest BCUT2D eigenvalue weighted by molar-refractivity contribution is 5.19. The predicted octanol–water partition coefficient (Wildman–Crippen LogP) is 8.27. The van der Waals surface area contributed by atoms with E-state index in [1.54, 1.807) is 0 Å². The highest BCUT2D eigenvalue weighted by atomic mass is 17.3. The molecule has 3 heteroatoms. The molecule has 2 saturated heterocycles. The summed E-state index contributed by atoms with van der Waals surface area (Å²) >= 11 is 0. The molecule has 0 aromatic carbocycles. The van der Waals surface area contributed by atoms with Crippen LogP contribution in [0.5, 0.6) is 0 Å². The van der Waals surface area contributed by atoms with E-state index in [1.807, 2.05) is 0 Å². The first-order valence-corrected chi connectivity index (χ1v) is 14.2. The Labute approximate surface area is 203 Å². The van der Waals surface area contributed by atoms with Gasteiger partial charge in [-0.15, -0.1) is 0 Å². The average molecular weight is 459 g/mol. The van der Waals surface area contributed by atoms with Crippen molar-refractivity contribution in [2.24, 2.45) is 50.2 Å². The highest BCUT2D eigenvalue weighted by Crippen LogP contribution is 2.78. The molecule has 2 aliphatic heterocycles. The Morgan fingerprint density at radius 3 is 2.09 bits per heavy atom. The molecule has 9 atom stereocenters. The second kappa shape index (κ2) is 6.60. The molecule has 0 aromatic rings. The lowest BCUT2D eigenvalue weighted by Crippen LogP contribution is -2.67. The molecule has 0 radical (unpaired) electrons. The summed E-state index contributed by atoms with van der Waals surface area (Å²) in [5.74, 6) is 1.31. The Balaban J connectivity index is 1.45. The van der Waals surface area contributed by atoms with Gasteiger partial charge in [0.25, 0.3) is 0 Å². The molecular formula is C30H50O3. The average Bonchev–Trinajstić information content (AvgIpc) is 3.11. The molecule has 33 heavy (non-hydrogen) atoms. The van der Waals surface area contributed by atoms with Crippen LogP contribution in [0.2, 0.25) is 0 Å². The fraction of sp³-hybridized carbons (Fsp3) is 1.00. The molecule has 3 nitrogen and oxygen atoms in total. The molecule has 188 valence electrons. The zero-order valence-corrected chi connectivity index (χ0v) is 22.8. The quantitative estimate of drug-likeness (QED) is 0.342. The summed E-state index contributed by atoms with van der Waals surface area (Å²) in [5, 5.41) is 0. The number of rotatable bonds is 0. The molecule has 0 amide bonds. The van der Waals surface area contributed by atoms with E-state index in [2.05, 4.69) is 55.4 Å². The van der Waals surface area contributed by atoms with Gasteiger partial charge in [0.15, 0.2) is 6.29 Å². The van der Waals surface area contributed by atoms with Crippen LogP contribution in [0.25, 0.3) is 0 Å². The van der Waals surface area contributed by atoms with Crippen molar-refractivity contribution >= 4 is 0 Å². The van der Waals surface area contributed by atoms with Crippen LogP contribution in [-0.2, 0) is 14.5 Å². The van der Waals surface area contributed by atoms with Crippen LogP contribution in [-0.4, -0.2) is 12.1 Å². The van der Waals surface area contributed by atoms with Crippen molar-refractivity contribution in [2.75, 3.05) is 0 Å². The van der Waals surface area contributed by atoms with Gasteiger partial charge in [0.1, 0.15) is 0 Å². The van der Waals surface area contributed by atoms with Crippen LogP contribution in [0.3, 0.4) is 0 Å². The van der Waals surface area contributed by atoms with Gasteiger partial charge in [0.05, 0.1) is 0 Å². The third-order valence-corrected chi connectivity index (χ3v) is 13.5. The summed E-state index contributed by atoms with van der Waals surface area (Å²) in [6.07, 6.45) is 14.1. The Morgan fingerprint density at radius 1 is 0.667 bits per heavy atom. The second-order valence-electron chi connectivity index (χ2n) is 15.9. The topological polar surface area (TPSA) is 27.7 Å². The van der Waals surface area contributed by atoms with Gasteiger partial charge in [0.2, 0.25) is 5.79 Å². The molecule has 0 N–H and O–H groups in total. The van der Waals surface area contributed by atoms with Crippen LogP contribution in [0.4, 0.5) is 0 Å². The molecule has 2 heterocycles. The van der Waals surface area contributed by atoms with Gasteiger partial charge in [-0.2, -0.15) is 4.89 Å². The van der Waals surface area contributed by atoms with Crippen molar-refractivity contribution in [3.8, 4) is 0 Å². The SMILES string of the molecule is CC1(C)CC[C@]2(C)CC[C@]3(C)[C@H]4C[C@H]5OO[C@@]6(O5)[C@@H](CCCC6(C)C)[C@]4(C)CC[C@@]3(C)[C@@H]2C1. The molecule has 0 unspecified atom stereocenters. The summed E-state index contributed by atoms with van der Waals surface area (Å²) in [6, 6.07) is 0. The number of hydrogen-bond donors (Lipinski definition) is 0. The first-order valence-electron chi connectivity index (χ1n) is 14.2. The van der Waals surface area contributed by atoms with Crippen LogP contribution in [0.15, 0.2) is 0 Å². The molecule has 0 aromatic heterocycles. The summed E-state index contributed by atoms with van der Waals surface area (Å²) in [6.45, 7) is 20.5. The van der Waals surface area contributed by atoms with Gasteiger partial charge < -0.3 is 4.74 Å². The molecule has 6 aliphatic rings. The third-order valence-electron chi connectivity index (χ3n) is 13.5. The lowest BCUT2D eigenvalue weighted by molar-refractivity contribution is -0.404. The molecule has 4 saturated carbocycles. The predicted molar refractivity (Wildman–Crippen MR) is 131 cm³/mol. The van der Waals surface area contributed by atoms with E-state index in [-0.39, 0.29) is 17.1 Å².